The van der Waals surface area contributed by atoms with Crippen LogP contribution < -0.4 is 70.3 Å². The SMILES string of the molecule is C=CCC[n+]1cn(C2O[C@H](CCP(=C)(C)C)[C@@H](O)[C@H]2O)c(=O)[nH]c1=O.C=CC[n+]1cn(C2O[C@H](CCP(=C)(C)C)[C@@H](O)[C@H]2O)c(=O)[nH]c1=O.C=P(C)(C)CC[C@H]1OC(n2c[n+](CCC)c(=O)[nH]c2=O)[C@H](O)[C@@H]1O.C=P(C)(C)CC[C@H]1OC(n2cc(CC)c(=O)[nH]c2=O)[C@H](O)[C@@H]1O.C=P(C)(C)CC[C@H]1OC(n2cc(CCC)c(=O)[nH]c2=O)[C@H](O)[C@@H]1O. The van der Waals surface area contributed by atoms with Crippen LogP contribution in [0.15, 0.2) is 105 Å². The minimum Gasteiger partial charge on any atom is -0.388 e. The summed E-state index contributed by atoms with van der Waals surface area (Å²) in [6, 6.07) is 0. The van der Waals surface area contributed by atoms with Gasteiger partial charge < -0.3 is 74.7 Å². The van der Waals surface area contributed by atoms with E-state index >= 15 is 0 Å². The second kappa shape index (κ2) is 43.9. The molecule has 5 unspecified atom stereocenters. The normalized spacial score (nSPS) is 27.5. The highest BCUT2D eigenvalue weighted by atomic mass is 31.2. The topological polar surface area (TPSA) is 534 Å². The van der Waals surface area contributed by atoms with Crippen LogP contribution in [0.1, 0.15) is 114 Å². The van der Waals surface area contributed by atoms with E-state index in [1.165, 1.54) is 55.7 Å². The molecule has 0 saturated carbocycles. The van der Waals surface area contributed by atoms with Gasteiger partial charge in [-0.3, -0.25) is 28.7 Å². The molecule has 10 heterocycles. The van der Waals surface area contributed by atoms with Crippen molar-refractivity contribution in [3.63, 3.8) is 0 Å². The molecule has 0 amide bonds. The number of aromatic nitrogens is 13. The Labute approximate surface area is 696 Å². The van der Waals surface area contributed by atoms with Gasteiger partial charge in [0.2, 0.25) is 37.7 Å². The van der Waals surface area contributed by atoms with E-state index in [-0.39, 0.29) is 6.54 Å². The summed E-state index contributed by atoms with van der Waals surface area (Å²) in [6.45, 7) is 28.2. The molecule has 20 atom stereocenters. The van der Waals surface area contributed by atoms with Gasteiger partial charge in [0.1, 0.15) is 61.0 Å². The Bertz CT molecular complexity index is 5090. The van der Waals surface area contributed by atoms with E-state index in [0.717, 1.165) is 55.5 Å². The van der Waals surface area contributed by atoms with Crippen molar-refractivity contribution in [3.05, 3.63) is 172 Å². The third-order valence-corrected chi connectivity index (χ3v) is 27.8. The van der Waals surface area contributed by atoms with Gasteiger partial charge in [-0.25, -0.2) is 47.5 Å². The van der Waals surface area contributed by atoms with E-state index in [1.807, 2.05) is 13.8 Å². The van der Waals surface area contributed by atoms with Crippen LogP contribution in [0.4, 0.5) is 0 Å². The molecule has 0 radical (unpaired) electrons. The zero-order valence-corrected chi connectivity index (χ0v) is 75.6. The maximum Gasteiger partial charge on any atom is 0.448 e. The van der Waals surface area contributed by atoms with Crippen LogP contribution in [-0.2, 0) is 56.2 Å². The first-order chi connectivity index (χ1) is 55.7. The van der Waals surface area contributed by atoms with E-state index in [4.69, 9.17) is 23.7 Å². The second-order valence-electron chi connectivity index (χ2n) is 34.4. The molecule has 5 fully saturated rings. The molecule has 5 aromatic rings. The number of nitrogens with one attached hydrogen (secondary N) is 5. The number of rotatable bonds is 30. The highest BCUT2D eigenvalue weighted by Crippen LogP contribution is 2.44. The van der Waals surface area contributed by atoms with Crippen molar-refractivity contribution in [1.82, 2.24) is 47.8 Å². The Morgan fingerprint density at radius 1 is 0.358 bits per heavy atom. The molecular formula is C77H131N13O25P5+3. The van der Waals surface area contributed by atoms with Crippen molar-refractivity contribution < 1.29 is 88.5 Å². The maximum absolute atomic E-state index is 12.1. The number of aryl methyl sites for hydroxylation is 4. The number of hydrogen-bond donors (Lipinski definition) is 15. The van der Waals surface area contributed by atoms with Crippen LogP contribution in [-0.4, -0.2) is 319 Å². The second-order valence-corrected chi connectivity index (χ2v) is 56.0. The highest BCUT2D eigenvalue weighted by Gasteiger charge is 2.50. The molecule has 0 spiro atoms. The molecule has 5 aliphatic rings. The van der Waals surface area contributed by atoms with Gasteiger partial charge in [0.25, 0.3) is 11.1 Å². The summed E-state index contributed by atoms with van der Waals surface area (Å²) in [7, 11) is 0. The molecule has 0 aromatic carbocycles. The van der Waals surface area contributed by atoms with Crippen LogP contribution in [0.5, 0.6) is 0 Å². The Balaban J connectivity index is 0.000000233. The van der Waals surface area contributed by atoms with Crippen molar-refractivity contribution in [3.8, 4) is 0 Å². The van der Waals surface area contributed by atoms with Crippen molar-refractivity contribution in [1.29, 1.82) is 0 Å². The molecule has 10 rings (SSSR count). The number of aromatic amines is 5. The molecule has 120 heavy (non-hydrogen) atoms. The molecule has 38 nitrogen and oxygen atoms in total. The van der Waals surface area contributed by atoms with Gasteiger partial charge >= 0.3 is 45.5 Å². The lowest BCUT2D eigenvalue weighted by molar-refractivity contribution is -0.719. The number of H-pyrrole nitrogens is 5. The molecular weight excluding hydrogens is 1660 g/mol. The summed E-state index contributed by atoms with van der Waals surface area (Å²) in [6.07, 6.45) is 20.7. The number of ether oxygens (including phenoxy) is 5. The van der Waals surface area contributed by atoms with E-state index in [9.17, 15) is 99.0 Å². The third-order valence-electron chi connectivity index (χ3n) is 20.4. The molecule has 43 heteroatoms. The lowest BCUT2D eigenvalue weighted by Gasteiger charge is -2.19. The van der Waals surface area contributed by atoms with E-state index in [1.54, 1.807) is 13.0 Å². The molecule has 0 bridgehead atoms. The molecule has 5 aliphatic heterocycles. The predicted octanol–water partition coefficient (Wildman–Crippen LogP) is -3.18. The largest absolute Gasteiger partial charge is 0.448 e. The average molecular weight is 1790 g/mol. The van der Waals surface area contributed by atoms with Gasteiger partial charge in [0.05, 0.1) is 50.2 Å². The van der Waals surface area contributed by atoms with Crippen molar-refractivity contribution in [2.24, 2.45) is 0 Å². The average Bonchev–Trinajstić information content (AvgIpc) is 1.67. The zero-order chi connectivity index (χ0) is 90.3. The highest BCUT2D eigenvalue weighted by molar-refractivity contribution is 7.73. The standard InChI is InChI=1S/C16H26N3O5P.C16H27N2O5P.C15H26N3O5P.C15H24N3O5P.C15H25N2O5P/c1-5-6-8-18-10-19(16(23)17-15(18)22)14-13(21)12(20)11(24-14)7-9-25(2,3)4;1-5-6-10-9-18(16(22)17-14(10)21)15-13(20)12(19)11(23-15)7-8-24(2,3)4;2*1-5-7-17-9-18(15(22)16-14(17)21)13-12(20)11(19)10(23-13)6-8-24(2,3)4;1-5-9-8-17(15(21)16-13(9)20)14-12(19)11(18)10(22-14)6-7-23(2,3)4/h5,10-14,20-21H,1-2,6-9H2,3-4H3;9,11-13,15,19-20H,2,5-8H2,1,3-4H3,(H,17,21,22);9-13,19-20H,2,5-8H2,1,3-4H3;5,9-13,19-20H,1-2,6-8H2,3-4H3;8,10-12,14,18-19H,2,5-7H2,1,3-4H3,(H,16,20,21)/p+3/t11-,12-,13-,14?;11-,12-,13-,15?;2*10-,11-,12-,13?;10-,11-,12-,14?/m11111/s1. The predicted molar refractivity (Wildman–Crippen MR) is 472 cm³/mol. The Hall–Kier alpha value is -6.43. The molecule has 15 N–H and O–H groups in total. The van der Waals surface area contributed by atoms with Gasteiger partial charge in [0, 0.05) is 23.5 Å². The van der Waals surface area contributed by atoms with E-state index in [0.29, 0.717) is 82.0 Å². The van der Waals surface area contributed by atoms with Crippen molar-refractivity contribution >= 4 is 65.9 Å². The van der Waals surface area contributed by atoms with Crippen LogP contribution in [0, 0.1) is 0 Å². The number of aliphatic hydroxyl groups excluding tert-OH is 10. The number of allylic oxidation sites excluding steroid dienone is 2. The minimum absolute atomic E-state index is 0.199. The Morgan fingerprint density at radius 3 is 0.883 bits per heavy atom. The first-order valence-electron chi connectivity index (χ1n) is 39.8. The summed E-state index contributed by atoms with van der Waals surface area (Å²) in [5, 5.41) is 102. The van der Waals surface area contributed by atoms with Crippen LogP contribution in [0.3, 0.4) is 0 Å². The summed E-state index contributed by atoms with van der Waals surface area (Å²) in [5.74, 6) is 0. The summed E-state index contributed by atoms with van der Waals surface area (Å²) in [5.41, 5.74) is -5.01. The number of aliphatic hydroxyl groups is 10. The van der Waals surface area contributed by atoms with Crippen LogP contribution in [0.2, 0.25) is 0 Å². The van der Waals surface area contributed by atoms with Crippen molar-refractivity contribution in [2.45, 2.75) is 227 Å². The fourth-order valence-electron chi connectivity index (χ4n) is 13.6. The minimum atomic E-state index is -1.29. The van der Waals surface area contributed by atoms with E-state index < -0.39 is 214 Å². The van der Waals surface area contributed by atoms with Gasteiger partial charge in [-0.15, -0.1) is 72.5 Å². The van der Waals surface area contributed by atoms with Crippen molar-refractivity contribution in [2.75, 3.05) is 97.5 Å². The lowest BCUT2D eigenvalue weighted by Crippen LogP contribution is -2.57. The van der Waals surface area contributed by atoms with Gasteiger partial charge in [-0.1, -0.05) is 45.9 Å². The molecule has 5 saturated heterocycles. The summed E-state index contributed by atoms with van der Waals surface area (Å²) in [4.78, 5) is 130. The molecule has 676 valence electrons. The third kappa shape index (κ3) is 28.6. The fraction of sp³-hybridized carbons (Fsp3) is 0.662. The van der Waals surface area contributed by atoms with Crippen LogP contribution in [0.25, 0.3) is 0 Å². The zero-order valence-electron chi connectivity index (χ0n) is 71.2. The first-order valence-corrected chi connectivity index (χ1v) is 55.1. The van der Waals surface area contributed by atoms with Gasteiger partial charge in [-0.2, -0.15) is 33.2 Å². The quantitative estimate of drug-likeness (QED) is 0.0122. The maximum atomic E-state index is 12.1. The van der Waals surface area contributed by atoms with Gasteiger partial charge in [-0.05, 0) is 155 Å². The monoisotopic (exact) mass is 1790 g/mol. The lowest BCUT2D eigenvalue weighted by atomic mass is 10.1. The fourth-order valence-corrected chi connectivity index (χ4v) is 18.3. The van der Waals surface area contributed by atoms with E-state index in [2.05, 4.69) is 136 Å². The molecule has 0 aliphatic carbocycles. The Kier molecular flexibility index (Phi) is 37.5. The summed E-state index contributed by atoms with van der Waals surface area (Å²) < 4.78 is 38.2. The first kappa shape index (κ1) is 102. The summed E-state index contributed by atoms with van der Waals surface area (Å²) >= 11 is 0. The Morgan fingerprint density at radius 2 is 0.617 bits per heavy atom. The number of nitrogens with zero attached hydrogens (tertiary/aromatic N) is 8. The number of hydrogen-bond acceptors (Lipinski definition) is 25. The van der Waals surface area contributed by atoms with Crippen LogP contribution >= 0.6 is 34.4 Å². The van der Waals surface area contributed by atoms with Gasteiger partial charge in [0.15, 0.2) is 12.5 Å². The molecule has 5 aromatic heterocycles. The smallest absolute Gasteiger partial charge is 0.388 e.